The Morgan fingerprint density at radius 3 is 1.85 bits per heavy atom. The fourth-order valence-electron chi connectivity index (χ4n) is 2.54. The maximum atomic E-state index is 6.33. The van der Waals surface area contributed by atoms with Gasteiger partial charge in [0.1, 0.15) is 0 Å². The molecule has 186 valence electrons. The number of para-hydroxylation sites is 1. The molecule has 0 amide bonds. The summed E-state index contributed by atoms with van der Waals surface area (Å²) in [7, 11) is 0. The Bertz CT molecular complexity index is 764. The van der Waals surface area contributed by atoms with Crippen LogP contribution in [-0.4, -0.2) is 22.9 Å². The molecule has 7 heteroatoms. The maximum absolute atomic E-state index is 6.33. The van der Waals surface area contributed by atoms with Crippen LogP contribution in [0.2, 0.25) is 0 Å². The van der Waals surface area contributed by atoms with Crippen LogP contribution in [0.25, 0.3) is 22.7 Å². The first-order chi connectivity index (χ1) is 15.6. The zero-order chi connectivity index (χ0) is 24.8. The zero-order valence-corrected chi connectivity index (χ0v) is 24.4. The molecule has 1 aromatic heterocycles. The van der Waals surface area contributed by atoms with Crippen molar-refractivity contribution < 1.29 is 21.1 Å². The second-order valence-corrected chi connectivity index (χ2v) is 6.22. The number of hydrogen-bond donors (Lipinski definition) is 4. The van der Waals surface area contributed by atoms with E-state index in [-0.39, 0.29) is 21.1 Å². The van der Waals surface area contributed by atoms with Crippen molar-refractivity contribution >= 4 is 5.69 Å². The Morgan fingerprint density at radius 2 is 1.45 bits per heavy atom. The van der Waals surface area contributed by atoms with Gasteiger partial charge in [-0.05, 0) is 18.3 Å². The minimum absolute atomic E-state index is 0. The van der Waals surface area contributed by atoms with Crippen molar-refractivity contribution in [3.05, 3.63) is 66.0 Å². The number of hydrogen-bond acceptors (Lipinski definition) is 3. The van der Waals surface area contributed by atoms with E-state index in [0.717, 1.165) is 28.3 Å². The van der Waals surface area contributed by atoms with Crippen LogP contribution < -0.4 is 17.2 Å². The third-order valence-electron chi connectivity index (χ3n) is 3.99. The van der Waals surface area contributed by atoms with Crippen LogP contribution in [0.5, 0.6) is 0 Å². The maximum Gasteiger partial charge on any atom is 2.00 e. The molecule has 6 nitrogen and oxygen atoms in total. The van der Waals surface area contributed by atoms with Crippen molar-refractivity contribution in [1.82, 2.24) is 9.78 Å². The summed E-state index contributed by atoms with van der Waals surface area (Å²) in [6.45, 7) is 13.7. The second-order valence-electron chi connectivity index (χ2n) is 6.22. The molecule has 0 radical (unpaired) electrons. The number of aromatic nitrogens is 2. The van der Waals surface area contributed by atoms with Gasteiger partial charge >= 0.3 is 21.1 Å². The van der Waals surface area contributed by atoms with Gasteiger partial charge in [-0.15, -0.1) is 18.7 Å². The van der Waals surface area contributed by atoms with Gasteiger partial charge in [-0.2, -0.15) is 18.2 Å². The molecule has 0 saturated carbocycles. The average molecular weight is 627 g/mol. The normalized spacial score (nSPS) is 8.76. The Morgan fingerprint density at radius 1 is 0.939 bits per heavy atom. The van der Waals surface area contributed by atoms with E-state index in [9.17, 15) is 0 Å². The van der Waals surface area contributed by atoms with Crippen molar-refractivity contribution in [2.45, 2.75) is 67.3 Å². The predicted molar refractivity (Wildman–Crippen MR) is 143 cm³/mol. The van der Waals surface area contributed by atoms with Crippen LogP contribution in [0.3, 0.4) is 0 Å². The number of nitrogens with two attached hydrogens (primary N) is 3. The summed E-state index contributed by atoms with van der Waals surface area (Å²) in [4.78, 5) is 0. The number of H-pyrrole nitrogens is 1. The van der Waals surface area contributed by atoms with Crippen molar-refractivity contribution in [3.63, 3.8) is 0 Å². The predicted octanol–water partition coefficient (Wildman–Crippen LogP) is 6.56. The number of benzene rings is 2. The zero-order valence-electron chi connectivity index (χ0n) is 21.4. The molecule has 0 atom stereocenters. The number of anilines is 1. The topological polar surface area (TPSA) is 123 Å². The van der Waals surface area contributed by atoms with E-state index >= 15 is 0 Å². The van der Waals surface area contributed by atoms with Gasteiger partial charge in [0.05, 0.1) is 11.4 Å². The minimum Gasteiger partial charge on any atom is -0.676 e. The van der Waals surface area contributed by atoms with Gasteiger partial charge in [0, 0.05) is 17.8 Å². The van der Waals surface area contributed by atoms with Gasteiger partial charge in [-0.25, -0.2) is 0 Å². The molecule has 0 spiro atoms. The summed E-state index contributed by atoms with van der Waals surface area (Å²) < 4.78 is 1.99. The monoisotopic (exact) mass is 626 g/mol. The number of rotatable bonds is 6. The molecule has 0 aliphatic rings. The van der Waals surface area contributed by atoms with Gasteiger partial charge in [-0.1, -0.05) is 79.0 Å². The van der Waals surface area contributed by atoms with E-state index in [1.54, 1.807) is 0 Å². The van der Waals surface area contributed by atoms with E-state index in [2.05, 4.69) is 25.0 Å². The average Bonchev–Trinajstić information content (AvgIpc) is 2.84. The van der Waals surface area contributed by atoms with E-state index < -0.39 is 0 Å². The molecule has 0 unspecified atom stereocenters. The van der Waals surface area contributed by atoms with Gasteiger partial charge in [0.2, 0.25) is 0 Å². The van der Waals surface area contributed by atoms with Crippen molar-refractivity contribution in [2.75, 3.05) is 18.8 Å². The molecule has 33 heavy (non-hydrogen) atoms. The van der Waals surface area contributed by atoms with E-state index in [1.807, 2.05) is 80.9 Å². The number of nitrogen functional groups attached to an aromatic ring is 1. The Labute approximate surface area is 216 Å². The summed E-state index contributed by atoms with van der Waals surface area (Å²) in [5.74, 6) is 0. The number of nitrogens with zero attached hydrogens (tertiary/aromatic N) is 1. The van der Waals surface area contributed by atoms with Gasteiger partial charge in [0.15, 0.2) is 0 Å². The first-order valence-corrected chi connectivity index (χ1v) is 11.8. The molecule has 3 rings (SSSR count). The third kappa shape index (κ3) is 13.4. The molecule has 0 aliphatic heterocycles. The largest absolute Gasteiger partial charge is 2.00 e. The molecule has 0 fully saturated rings. The van der Waals surface area contributed by atoms with Gasteiger partial charge < -0.3 is 22.9 Å². The van der Waals surface area contributed by atoms with Crippen molar-refractivity contribution in [2.24, 2.45) is 11.5 Å². The van der Waals surface area contributed by atoms with Crippen LogP contribution in [-0.2, 0) is 27.6 Å². The third-order valence-corrected chi connectivity index (χ3v) is 3.99. The first kappa shape index (κ1) is 35.7. The smallest absolute Gasteiger partial charge is 0.676 e. The summed E-state index contributed by atoms with van der Waals surface area (Å²) in [5.41, 5.74) is 27.8. The van der Waals surface area contributed by atoms with Crippen LogP contribution in [0, 0.1) is 6.07 Å². The fourth-order valence-corrected chi connectivity index (χ4v) is 2.54. The molecular formula is C26H46N6W. The summed E-state index contributed by atoms with van der Waals surface area (Å²) in [5, 5.41) is 3.24. The molecular weight excluding hydrogens is 580 g/mol. The summed E-state index contributed by atoms with van der Waals surface area (Å²) >= 11 is 0. The molecule has 2 aromatic carbocycles. The molecule has 0 bridgehead atoms. The molecule has 1 heterocycles. The van der Waals surface area contributed by atoms with E-state index in [4.69, 9.17) is 22.9 Å². The summed E-state index contributed by atoms with van der Waals surface area (Å²) in [6, 6.07) is 18.5. The quantitative estimate of drug-likeness (QED) is 0.183. The molecule has 3 aromatic rings. The number of aromatic amines is 1. The van der Waals surface area contributed by atoms with Crippen molar-refractivity contribution in [3.8, 4) is 16.9 Å². The fraction of sp³-hybridized carbons (Fsp3) is 0.462. The SMILES string of the molecule is CC.CC.CCCCC.NCc1[nH]n(-c2cc[c-]cc2)c1-c1ccccc1N.[NH-]CCN.[W+2]. The molecule has 0 aliphatic carbocycles. The number of nitrogens with one attached hydrogen (secondary N) is 2. The van der Waals surface area contributed by atoms with E-state index in [0.29, 0.717) is 19.6 Å². The van der Waals surface area contributed by atoms with Crippen LogP contribution in [0.4, 0.5) is 5.69 Å². The van der Waals surface area contributed by atoms with Crippen LogP contribution in [0.1, 0.15) is 66.5 Å². The van der Waals surface area contributed by atoms with Crippen molar-refractivity contribution in [1.29, 1.82) is 0 Å². The molecule has 8 N–H and O–H groups in total. The minimum atomic E-state index is 0. The van der Waals surface area contributed by atoms with Gasteiger partial charge in [0.25, 0.3) is 0 Å². The second kappa shape index (κ2) is 24.8. The summed E-state index contributed by atoms with van der Waals surface area (Å²) in [6.07, 6.45) is 4.08. The first-order valence-electron chi connectivity index (χ1n) is 11.8. The van der Waals surface area contributed by atoms with Gasteiger partial charge in [-0.3, -0.25) is 9.78 Å². The van der Waals surface area contributed by atoms with Crippen LogP contribution in [0.15, 0.2) is 48.5 Å². The van der Waals surface area contributed by atoms with Crippen LogP contribution >= 0.6 is 0 Å². The number of unbranched alkanes of at least 4 members (excludes halogenated alkanes) is 2. The van der Waals surface area contributed by atoms with E-state index in [1.165, 1.54) is 19.3 Å². The Balaban J connectivity index is -0.000000543. The standard InChI is InChI=1S/C15H15N4.C5H12.C2H7N2.2C2H6.W/c16-10-14-15(12-8-4-5-9-13(12)17)19(18-14)11-6-2-1-3-7-11;1-3-5-4-2;3-1-2-4;2*1-2;/h2-9,18H,10,16-17H2;3-5H2,1-2H3;3H,1-2,4H2;2*1-2H3;/q-1;;-1;;;+2. The Kier molecular flexibility index (Phi) is 26.8. The Hall–Kier alpha value is -1.85. The molecule has 0 saturated heterocycles.